The van der Waals surface area contributed by atoms with E-state index in [9.17, 15) is 13.2 Å². The lowest BCUT2D eigenvalue weighted by Crippen LogP contribution is -2.11. The molecule has 0 aliphatic carbocycles. The minimum absolute atomic E-state index is 0.0432. The van der Waals surface area contributed by atoms with Crippen molar-refractivity contribution in [2.45, 2.75) is 4.90 Å². The summed E-state index contributed by atoms with van der Waals surface area (Å²) in [7, 11) is -2.51. The van der Waals surface area contributed by atoms with Gasteiger partial charge in [0.2, 0.25) is 0 Å². The molecule has 0 aliphatic rings. The molecule has 6 nitrogen and oxygen atoms in total. The first-order chi connectivity index (χ1) is 12.7. The van der Waals surface area contributed by atoms with Crippen LogP contribution in [0, 0.1) is 0 Å². The fraction of sp³-hybridized carbons (Fsp3) is 0.0556. The van der Waals surface area contributed by atoms with Crippen LogP contribution in [0.1, 0.15) is 5.56 Å². The molecule has 9 heteroatoms. The standard InChI is InChI=1S/C18H13Cl2NO5S/c1-26-12-3-6-17-14(8-12)11(2-7-18(22)23)10-21(17)27(24,25)13-4-5-15(19)16(20)9-13/h2-10H,1H3,(H,22,23)/b7-2+. The molecule has 140 valence electrons. The largest absolute Gasteiger partial charge is 0.497 e. The summed E-state index contributed by atoms with van der Waals surface area (Å²) in [5.41, 5.74) is 0.779. The van der Waals surface area contributed by atoms with Gasteiger partial charge in [0.1, 0.15) is 5.75 Å². The maximum Gasteiger partial charge on any atom is 0.328 e. The third-order valence-corrected chi connectivity index (χ3v) is 6.27. The molecule has 0 aliphatic heterocycles. The molecule has 3 aromatic rings. The average Bonchev–Trinajstić information content (AvgIpc) is 3.00. The van der Waals surface area contributed by atoms with Gasteiger partial charge in [0.05, 0.1) is 27.6 Å². The number of carboxylic acids is 1. The first kappa shape index (κ1) is 19.3. The van der Waals surface area contributed by atoms with E-state index in [-0.39, 0.29) is 14.9 Å². The highest BCUT2D eigenvalue weighted by Crippen LogP contribution is 2.31. The van der Waals surface area contributed by atoms with Crippen LogP contribution in [-0.4, -0.2) is 30.6 Å². The van der Waals surface area contributed by atoms with E-state index in [1.54, 1.807) is 18.2 Å². The molecule has 3 rings (SSSR count). The summed E-state index contributed by atoms with van der Waals surface area (Å²) in [6, 6.07) is 8.86. The van der Waals surface area contributed by atoms with E-state index in [0.29, 0.717) is 22.2 Å². The third kappa shape index (κ3) is 3.66. The van der Waals surface area contributed by atoms with Crippen LogP contribution in [0.25, 0.3) is 17.0 Å². The van der Waals surface area contributed by atoms with Crippen LogP contribution in [0.4, 0.5) is 0 Å². The molecule has 2 aromatic carbocycles. The van der Waals surface area contributed by atoms with Crippen LogP contribution in [0.2, 0.25) is 10.0 Å². The highest BCUT2D eigenvalue weighted by Gasteiger charge is 2.22. The highest BCUT2D eigenvalue weighted by molar-refractivity contribution is 7.90. The lowest BCUT2D eigenvalue weighted by atomic mass is 10.1. The van der Waals surface area contributed by atoms with Crippen molar-refractivity contribution in [3.05, 3.63) is 64.3 Å². The zero-order chi connectivity index (χ0) is 19.8. The predicted molar refractivity (Wildman–Crippen MR) is 104 cm³/mol. The second kappa shape index (κ2) is 7.26. The Hall–Kier alpha value is -2.48. The van der Waals surface area contributed by atoms with Crippen LogP contribution in [-0.2, 0) is 14.8 Å². The number of fused-ring (bicyclic) bond motifs is 1. The van der Waals surface area contributed by atoms with Crippen LogP contribution in [0.5, 0.6) is 5.75 Å². The zero-order valence-corrected chi connectivity index (χ0v) is 16.2. The number of rotatable bonds is 5. The summed E-state index contributed by atoms with van der Waals surface area (Å²) >= 11 is 11.8. The van der Waals surface area contributed by atoms with Gasteiger partial charge in [0.15, 0.2) is 0 Å². The van der Waals surface area contributed by atoms with Crippen molar-refractivity contribution >= 4 is 56.2 Å². The van der Waals surface area contributed by atoms with Crippen LogP contribution in [0.15, 0.2) is 53.6 Å². The Morgan fingerprint density at radius 1 is 1.15 bits per heavy atom. The Balaban J connectivity index is 2.27. The summed E-state index contributed by atoms with van der Waals surface area (Å²) in [5, 5.41) is 9.76. The quantitative estimate of drug-likeness (QED) is 0.616. The van der Waals surface area contributed by atoms with E-state index in [2.05, 4.69) is 0 Å². The number of benzene rings is 2. The first-order valence-corrected chi connectivity index (χ1v) is 9.74. The van der Waals surface area contributed by atoms with Crippen molar-refractivity contribution in [1.82, 2.24) is 3.97 Å². The van der Waals surface area contributed by atoms with Crippen molar-refractivity contribution < 1.29 is 23.1 Å². The van der Waals surface area contributed by atoms with Gasteiger partial charge in [-0.3, -0.25) is 0 Å². The Kier molecular flexibility index (Phi) is 5.19. The van der Waals surface area contributed by atoms with Gasteiger partial charge in [0.25, 0.3) is 10.0 Å². The number of ether oxygens (including phenoxy) is 1. The molecule has 0 saturated heterocycles. The molecule has 1 aromatic heterocycles. The number of halogens is 2. The van der Waals surface area contributed by atoms with E-state index in [1.165, 1.54) is 37.6 Å². The van der Waals surface area contributed by atoms with E-state index < -0.39 is 16.0 Å². The summed E-state index contributed by atoms with van der Waals surface area (Å²) in [5.74, 6) is -0.636. The topological polar surface area (TPSA) is 85.6 Å². The normalized spacial score (nSPS) is 12.0. The van der Waals surface area contributed by atoms with Gasteiger partial charge < -0.3 is 9.84 Å². The second-order valence-corrected chi connectivity index (χ2v) is 8.15. The molecule has 1 heterocycles. The minimum Gasteiger partial charge on any atom is -0.497 e. The third-order valence-electron chi connectivity index (χ3n) is 3.86. The molecule has 0 saturated carbocycles. The molecule has 0 radical (unpaired) electrons. The van der Waals surface area contributed by atoms with Gasteiger partial charge in [-0.25, -0.2) is 17.2 Å². The minimum atomic E-state index is -3.99. The Morgan fingerprint density at radius 2 is 1.89 bits per heavy atom. The van der Waals surface area contributed by atoms with Crippen molar-refractivity contribution in [3.63, 3.8) is 0 Å². The highest BCUT2D eigenvalue weighted by atomic mass is 35.5. The summed E-state index contributed by atoms with van der Waals surface area (Å²) < 4.78 is 32.5. The summed E-state index contributed by atoms with van der Waals surface area (Å²) in [6.45, 7) is 0. The smallest absolute Gasteiger partial charge is 0.328 e. The number of methoxy groups -OCH3 is 1. The molecule has 1 N–H and O–H groups in total. The number of nitrogens with zero attached hydrogens (tertiary/aromatic N) is 1. The molecule has 0 unspecified atom stereocenters. The van der Waals surface area contributed by atoms with E-state index in [0.717, 1.165) is 10.0 Å². The fourth-order valence-corrected chi connectivity index (χ4v) is 4.34. The maximum atomic E-state index is 13.1. The lowest BCUT2D eigenvalue weighted by molar-refractivity contribution is -0.131. The van der Waals surface area contributed by atoms with Crippen molar-refractivity contribution in [3.8, 4) is 5.75 Å². The summed E-state index contributed by atoms with van der Waals surface area (Å²) in [4.78, 5) is 10.8. The van der Waals surface area contributed by atoms with Crippen LogP contribution < -0.4 is 4.74 Å². The van der Waals surface area contributed by atoms with Crippen molar-refractivity contribution in [2.75, 3.05) is 7.11 Å². The van der Waals surface area contributed by atoms with E-state index >= 15 is 0 Å². The fourth-order valence-electron chi connectivity index (χ4n) is 2.57. The van der Waals surface area contributed by atoms with E-state index in [4.69, 9.17) is 33.0 Å². The van der Waals surface area contributed by atoms with Crippen molar-refractivity contribution in [2.24, 2.45) is 0 Å². The average molecular weight is 426 g/mol. The predicted octanol–water partition coefficient (Wildman–Crippen LogP) is 4.29. The maximum absolute atomic E-state index is 13.1. The van der Waals surface area contributed by atoms with Gasteiger partial charge in [-0.1, -0.05) is 23.2 Å². The number of aliphatic carboxylic acids is 1. The van der Waals surface area contributed by atoms with Crippen molar-refractivity contribution in [1.29, 1.82) is 0 Å². The molecule has 0 fully saturated rings. The lowest BCUT2D eigenvalue weighted by Gasteiger charge is -2.09. The SMILES string of the molecule is COc1ccc2c(c1)c(/C=C/C(=O)O)cn2S(=O)(=O)c1ccc(Cl)c(Cl)c1. The zero-order valence-electron chi connectivity index (χ0n) is 13.9. The number of carbonyl (C=O) groups is 1. The summed E-state index contributed by atoms with van der Waals surface area (Å²) in [6.07, 6.45) is 3.61. The van der Waals surface area contributed by atoms with Crippen LogP contribution >= 0.6 is 23.2 Å². The van der Waals surface area contributed by atoms with Crippen LogP contribution in [0.3, 0.4) is 0 Å². The Morgan fingerprint density at radius 3 is 2.52 bits per heavy atom. The Labute approximate surface area is 165 Å². The molecular weight excluding hydrogens is 413 g/mol. The molecule has 0 bridgehead atoms. The molecule has 0 atom stereocenters. The second-order valence-electron chi connectivity index (χ2n) is 5.52. The molecule has 0 spiro atoms. The molecular formula is C18H13Cl2NO5S. The first-order valence-electron chi connectivity index (χ1n) is 7.55. The number of hydrogen-bond acceptors (Lipinski definition) is 4. The molecule has 0 amide bonds. The number of hydrogen-bond donors (Lipinski definition) is 1. The monoisotopic (exact) mass is 425 g/mol. The van der Waals surface area contributed by atoms with Gasteiger partial charge in [0, 0.05) is 23.2 Å². The van der Waals surface area contributed by atoms with E-state index in [1.807, 2.05) is 0 Å². The number of aromatic nitrogens is 1. The Bertz CT molecular complexity index is 1180. The van der Waals surface area contributed by atoms with Gasteiger partial charge >= 0.3 is 5.97 Å². The number of carboxylic acid groups (broad SMARTS) is 1. The van der Waals surface area contributed by atoms with Gasteiger partial charge in [-0.05, 0) is 42.5 Å². The molecule has 27 heavy (non-hydrogen) atoms. The van der Waals surface area contributed by atoms with Gasteiger partial charge in [-0.15, -0.1) is 0 Å². The van der Waals surface area contributed by atoms with Gasteiger partial charge in [-0.2, -0.15) is 0 Å².